The smallest absolute Gasteiger partial charge is 0.0896 e. The lowest BCUT2D eigenvalue weighted by Gasteiger charge is -2.23. The Morgan fingerprint density at radius 3 is 3.20 bits per heavy atom. The Bertz CT molecular complexity index is 605. The maximum Gasteiger partial charge on any atom is 0.0896 e. The molecule has 2 aromatic heterocycles. The minimum absolute atomic E-state index is 0.164. The van der Waals surface area contributed by atoms with Gasteiger partial charge in [-0.05, 0) is 31.4 Å². The number of hydrogen-bond donors (Lipinski definition) is 1. The Kier molecular flexibility index (Phi) is 3.97. The maximum atomic E-state index is 5.51. The molecule has 0 bridgehead atoms. The molecule has 0 saturated heterocycles. The molecule has 0 spiro atoms. The molecule has 0 fully saturated rings. The zero-order valence-corrected chi connectivity index (χ0v) is 11.7. The van der Waals surface area contributed by atoms with Crippen LogP contribution < -0.4 is 5.32 Å². The minimum Gasteiger partial charge on any atom is -0.501 e. The fraction of sp³-hybridized carbons (Fsp3) is 0.467. The lowest BCUT2D eigenvalue weighted by atomic mass is 9.96. The van der Waals surface area contributed by atoms with Gasteiger partial charge in [-0.15, -0.1) is 0 Å². The molecule has 0 radical (unpaired) electrons. The number of nitrogens with one attached hydrogen (secondary N) is 1. The van der Waals surface area contributed by atoms with Gasteiger partial charge >= 0.3 is 0 Å². The predicted octanol–water partition coefficient (Wildman–Crippen LogP) is 2.46. The second kappa shape index (κ2) is 6.05. The highest BCUT2D eigenvalue weighted by Gasteiger charge is 2.21. The Morgan fingerprint density at radius 2 is 2.40 bits per heavy atom. The molecule has 5 heteroatoms. The third-order valence-corrected chi connectivity index (χ3v) is 3.60. The van der Waals surface area contributed by atoms with E-state index in [2.05, 4.69) is 22.3 Å². The van der Waals surface area contributed by atoms with Gasteiger partial charge in [-0.2, -0.15) is 5.10 Å². The third kappa shape index (κ3) is 2.54. The van der Waals surface area contributed by atoms with Crippen molar-refractivity contribution >= 4 is 5.52 Å². The SMILES string of the molecule is CCCNC(C1=COCCC1)c1cnn2ccncc12. The molecule has 1 unspecified atom stereocenters. The first-order valence-corrected chi connectivity index (χ1v) is 7.21. The zero-order chi connectivity index (χ0) is 13.8. The molecule has 1 N–H and O–H groups in total. The molecule has 0 aromatic carbocycles. The van der Waals surface area contributed by atoms with Gasteiger partial charge < -0.3 is 10.1 Å². The van der Waals surface area contributed by atoms with Crippen LogP contribution in [0, 0.1) is 0 Å². The highest BCUT2D eigenvalue weighted by atomic mass is 16.5. The van der Waals surface area contributed by atoms with Crippen molar-refractivity contribution in [3.8, 4) is 0 Å². The maximum absolute atomic E-state index is 5.51. The van der Waals surface area contributed by atoms with E-state index in [1.165, 1.54) is 11.1 Å². The van der Waals surface area contributed by atoms with Crippen LogP contribution >= 0.6 is 0 Å². The topological polar surface area (TPSA) is 51.5 Å². The van der Waals surface area contributed by atoms with Gasteiger partial charge in [0.05, 0.1) is 36.8 Å². The van der Waals surface area contributed by atoms with Crippen LogP contribution in [-0.4, -0.2) is 27.7 Å². The highest BCUT2D eigenvalue weighted by molar-refractivity contribution is 5.55. The van der Waals surface area contributed by atoms with Crippen molar-refractivity contribution in [2.45, 2.75) is 32.2 Å². The quantitative estimate of drug-likeness (QED) is 0.908. The third-order valence-electron chi connectivity index (χ3n) is 3.60. The van der Waals surface area contributed by atoms with Crippen molar-refractivity contribution < 1.29 is 4.74 Å². The van der Waals surface area contributed by atoms with E-state index in [0.29, 0.717) is 0 Å². The zero-order valence-electron chi connectivity index (χ0n) is 11.7. The number of fused-ring (bicyclic) bond motifs is 1. The second-order valence-corrected chi connectivity index (χ2v) is 5.06. The van der Waals surface area contributed by atoms with Crippen LogP contribution in [0.3, 0.4) is 0 Å². The molecule has 1 aliphatic heterocycles. The molecule has 5 nitrogen and oxygen atoms in total. The normalized spacial score (nSPS) is 16.8. The largest absolute Gasteiger partial charge is 0.501 e. The number of rotatable bonds is 5. The Labute approximate surface area is 118 Å². The van der Waals surface area contributed by atoms with Crippen LogP contribution in [0.2, 0.25) is 0 Å². The summed E-state index contributed by atoms with van der Waals surface area (Å²) in [5, 5.41) is 8.02. The summed E-state index contributed by atoms with van der Waals surface area (Å²) in [6.45, 7) is 3.97. The van der Waals surface area contributed by atoms with Crippen LogP contribution in [0.5, 0.6) is 0 Å². The van der Waals surface area contributed by atoms with Crippen molar-refractivity contribution in [2.75, 3.05) is 13.2 Å². The van der Waals surface area contributed by atoms with Gasteiger partial charge in [-0.1, -0.05) is 6.92 Å². The second-order valence-electron chi connectivity index (χ2n) is 5.06. The van der Waals surface area contributed by atoms with E-state index in [-0.39, 0.29) is 6.04 Å². The molecule has 1 atom stereocenters. The number of nitrogens with zero attached hydrogens (tertiary/aromatic N) is 3. The van der Waals surface area contributed by atoms with Crippen molar-refractivity contribution in [2.24, 2.45) is 0 Å². The van der Waals surface area contributed by atoms with Crippen LogP contribution in [0.15, 0.2) is 36.6 Å². The summed E-state index contributed by atoms with van der Waals surface area (Å²) in [4.78, 5) is 4.21. The van der Waals surface area contributed by atoms with E-state index in [9.17, 15) is 0 Å². The van der Waals surface area contributed by atoms with Gasteiger partial charge in [0.25, 0.3) is 0 Å². The number of aromatic nitrogens is 3. The van der Waals surface area contributed by atoms with Gasteiger partial charge in [0.2, 0.25) is 0 Å². The Hall–Kier alpha value is -1.88. The first kappa shape index (κ1) is 13.1. The van der Waals surface area contributed by atoms with Crippen LogP contribution in [0.4, 0.5) is 0 Å². The van der Waals surface area contributed by atoms with E-state index in [1.54, 1.807) is 6.20 Å². The van der Waals surface area contributed by atoms with Gasteiger partial charge in [0, 0.05) is 18.0 Å². The monoisotopic (exact) mass is 272 g/mol. The fourth-order valence-corrected chi connectivity index (χ4v) is 2.60. The van der Waals surface area contributed by atoms with E-state index in [1.807, 2.05) is 29.4 Å². The summed E-state index contributed by atoms with van der Waals surface area (Å²) in [7, 11) is 0. The van der Waals surface area contributed by atoms with E-state index >= 15 is 0 Å². The molecule has 3 heterocycles. The first-order chi connectivity index (χ1) is 9.90. The van der Waals surface area contributed by atoms with Crippen molar-refractivity contribution in [1.82, 2.24) is 19.9 Å². The summed E-state index contributed by atoms with van der Waals surface area (Å²) in [6, 6.07) is 0.164. The molecule has 2 aromatic rings. The van der Waals surface area contributed by atoms with Crippen molar-refractivity contribution in [3.63, 3.8) is 0 Å². The summed E-state index contributed by atoms with van der Waals surface area (Å²) in [5.74, 6) is 0. The number of hydrogen-bond acceptors (Lipinski definition) is 4. The molecule has 0 saturated carbocycles. The number of ether oxygens (including phenoxy) is 1. The van der Waals surface area contributed by atoms with E-state index in [0.717, 1.165) is 37.9 Å². The highest BCUT2D eigenvalue weighted by Crippen LogP contribution is 2.29. The Balaban J connectivity index is 1.97. The predicted molar refractivity (Wildman–Crippen MR) is 77.3 cm³/mol. The average molecular weight is 272 g/mol. The molecular formula is C15H20N4O. The molecule has 106 valence electrons. The molecule has 0 amide bonds. The van der Waals surface area contributed by atoms with Gasteiger partial charge in [-0.3, -0.25) is 4.98 Å². The Morgan fingerprint density at radius 1 is 1.45 bits per heavy atom. The fourth-order valence-electron chi connectivity index (χ4n) is 2.60. The standard InChI is InChI=1S/C15H20N4O/c1-2-5-17-15(12-4-3-8-20-11-12)13-9-18-19-7-6-16-10-14(13)19/h6-7,9-11,15,17H,2-5,8H2,1H3. The van der Waals surface area contributed by atoms with Crippen molar-refractivity contribution in [3.05, 3.63) is 42.2 Å². The van der Waals surface area contributed by atoms with Crippen LogP contribution in [0.25, 0.3) is 5.52 Å². The van der Waals surface area contributed by atoms with E-state index < -0.39 is 0 Å². The first-order valence-electron chi connectivity index (χ1n) is 7.21. The van der Waals surface area contributed by atoms with Gasteiger partial charge in [-0.25, -0.2) is 4.52 Å². The van der Waals surface area contributed by atoms with Crippen LogP contribution in [0.1, 0.15) is 37.8 Å². The summed E-state index contributed by atoms with van der Waals surface area (Å²) >= 11 is 0. The van der Waals surface area contributed by atoms with Gasteiger partial charge in [0.15, 0.2) is 0 Å². The molecule has 3 rings (SSSR count). The van der Waals surface area contributed by atoms with Crippen molar-refractivity contribution in [1.29, 1.82) is 0 Å². The summed E-state index contributed by atoms with van der Waals surface area (Å²) in [5.41, 5.74) is 3.51. The lowest BCUT2D eigenvalue weighted by Crippen LogP contribution is -2.25. The molecule has 1 aliphatic rings. The van der Waals surface area contributed by atoms with E-state index in [4.69, 9.17) is 4.74 Å². The van der Waals surface area contributed by atoms with Crippen LogP contribution in [-0.2, 0) is 4.74 Å². The average Bonchev–Trinajstić information content (AvgIpc) is 2.93. The molecule has 20 heavy (non-hydrogen) atoms. The summed E-state index contributed by atoms with van der Waals surface area (Å²) < 4.78 is 7.38. The minimum atomic E-state index is 0.164. The molecular weight excluding hydrogens is 252 g/mol. The molecule has 0 aliphatic carbocycles. The lowest BCUT2D eigenvalue weighted by molar-refractivity contribution is 0.219. The van der Waals surface area contributed by atoms with Gasteiger partial charge in [0.1, 0.15) is 0 Å². The summed E-state index contributed by atoms with van der Waals surface area (Å²) in [6.07, 6.45) is 12.6.